The third-order valence-corrected chi connectivity index (χ3v) is 5.34. The molecule has 0 amide bonds. The number of hydrogen-bond donors (Lipinski definition) is 2. The Morgan fingerprint density at radius 2 is 2.07 bits per heavy atom. The molecule has 0 radical (unpaired) electrons. The topological polar surface area (TPSA) is 83.1 Å². The number of rotatable bonds is 3. The van der Waals surface area contributed by atoms with Gasteiger partial charge in [0.1, 0.15) is 17.4 Å². The Bertz CT molecular complexity index is 998. The first-order valence-corrected chi connectivity index (χ1v) is 8.72. The van der Waals surface area contributed by atoms with Crippen molar-refractivity contribution in [1.29, 1.82) is 0 Å². The van der Waals surface area contributed by atoms with E-state index < -0.39 is 16.9 Å². The van der Waals surface area contributed by atoms with Gasteiger partial charge in [-0.1, -0.05) is 23.5 Å². The minimum absolute atomic E-state index is 0.0347. The number of hydrogen-bond acceptors (Lipinski definition) is 7. The maximum absolute atomic E-state index is 13.3. The molecule has 0 aliphatic carbocycles. The summed E-state index contributed by atoms with van der Waals surface area (Å²) in [6.45, 7) is 2.75. The number of Topliss-reactive ketones (excluding diaryl/α,β-unsaturated/α-hetero) is 1. The Morgan fingerprint density at radius 3 is 2.70 bits per heavy atom. The van der Waals surface area contributed by atoms with Crippen molar-refractivity contribution in [3.8, 4) is 11.5 Å². The number of nitrogens with one attached hydrogen (secondary N) is 2. The molecule has 27 heavy (non-hydrogen) atoms. The Labute approximate surface area is 155 Å². The normalized spacial score (nSPS) is 20.6. The molecule has 1 aromatic carbocycles. The van der Waals surface area contributed by atoms with Crippen LogP contribution in [0.15, 0.2) is 24.3 Å². The van der Waals surface area contributed by atoms with Crippen LogP contribution in [0.5, 0.6) is 0 Å². The molecule has 0 unspecified atom stereocenters. The summed E-state index contributed by atoms with van der Waals surface area (Å²) in [5.74, 6) is -0.0907. The van der Waals surface area contributed by atoms with Crippen molar-refractivity contribution in [2.75, 3.05) is 11.7 Å². The zero-order chi connectivity index (χ0) is 19.4. The van der Waals surface area contributed by atoms with Crippen LogP contribution in [-0.2, 0) is 15.7 Å². The molecule has 142 valence electrons. The Morgan fingerprint density at radius 1 is 1.33 bits per heavy atom. The molecule has 1 fully saturated rings. The van der Waals surface area contributed by atoms with Gasteiger partial charge in [0.2, 0.25) is 5.01 Å². The number of aromatic amines is 1. The highest BCUT2D eigenvalue weighted by Crippen LogP contribution is 2.42. The van der Waals surface area contributed by atoms with Crippen LogP contribution >= 0.6 is 11.3 Å². The van der Waals surface area contributed by atoms with Crippen LogP contribution in [0.2, 0.25) is 0 Å². The Kier molecular flexibility index (Phi) is 3.98. The highest BCUT2D eigenvalue weighted by molar-refractivity contribution is 7.16. The fourth-order valence-corrected chi connectivity index (χ4v) is 3.52. The summed E-state index contributed by atoms with van der Waals surface area (Å²) in [6, 6.07) is 7.09. The first-order chi connectivity index (χ1) is 12.7. The molecule has 0 spiro atoms. The number of para-hydroxylation sites is 2. The highest BCUT2D eigenvalue weighted by atomic mass is 32.1. The first-order valence-electron chi connectivity index (χ1n) is 7.91. The zero-order valence-corrected chi connectivity index (χ0v) is 15.0. The summed E-state index contributed by atoms with van der Waals surface area (Å²) in [6.07, 6.45) is -4.60. The lowest BCUT2D eigenvalue weighted by atomic mass is 10.2. The fourth-order valence-electron chi connectivity index (χ4n) is 2.64. The van der Waals surface area contributed by atoms with Crippen LogP contribution in [0.3, 0.4) is 0 Å². The van der Waals surface area contributed by atoms with E-state index in [0.717, 1.165) is 0 Å². The van der Waals surface area contributed by atoms with Crippen LogP contribution in [0.25, 0.3) is 22.6 Å². The molecule has 2 N–H and O–H groups in total. The highest BCUT2D eigenvalue weighted by Gasteiger charge is 2.43. The molecule has 1 aliphatic rings. The number of ether oxygens (including phenoxy) is 1. The van der Waals surface area contributed by atoms with E-state index in [2.05, 4.69) is 20.4 Å². The van der Waals surface area contributed by atoms with Crippen molar-refractivity contribution >= 4 is 33.2 Å². The molecule has 7 nitrogen and oxygen atoms in total. The van der Waals surface area contributed by atoms with E-state index in [1.54, 1.807) is 24.3 Å². The average molecular weight is 397 g/mol. The number of benzene rings is 1. The number of aromatic nitrogens is 3. The Hall–Kier alpha value is -2.50. The van der Waals surface area contributed by atoms with Crippen LogP contribution in [-0.4, -0.2) is 33.2 Å². The van der Waals surface area contributed by atoms with Crippen LogP contribution in [0, 0.1) is 0 Å². The minimum Gasteiger partial charge on any atom is -0.337 e. The number of thiazole rings is 1. The van der Waals surface area contributed by atoms with Gasteiger partial charge in [0.15, 0.2) is 17.3 Å². The maximum Gasteiger partial charge on any atom is 0.443 e. The molecule has 3 aromatic rings. The maximum atomic E-state index is 13.3. The Balaban J connectivity index is 1.81. The first kappa shape index (κ1) is 17.9. The molecule has 1 saturated heterocycles. The van der Waals surface area contributed by atoms with Gasteiger partial charge in [0, 0.05) is 0 Å². The number of anilines is 1. The zero-order valence-electron chi connectivity index (χ0n) is 14.2. The van der Waals surface area contributed by atoms with Crippen LogP contribution in [0.4, 0.5) is 18.2 Å². The van der Waals surface area contributed by atoms with Crippen LogP contribution < -0.4 is 10.4 Å². The minimum atomic E-state index is -4.60. The van der Waals surface area contributed by atoms with E-state index in [9.17, 15) is 18.0 Å². The standard InChI is InChI=1S/C16H14F3N5O2S/c1-8(25)15(2)23-24(7-26-15)13-11(22-14(27-13)16(17,18)19)12-20-9-5-3-4-6-10(9)21-12/h3-6,23H,7H2,1-2H3,(H,20,21)/t15-/m1/s1. The summed E-state index contributed by atoms with van der Waals surface area (Å²) in [5.41, 5.74) is 2.83. The van der Waals surface area contributed by atoms with E-state index >= 15 is 0 Å². The number of alkyl halides is 3. The number of hydrazine groups is 1. The molecular formula is C16H14F3N5O2S. The van der Waals surface area contributed by atoms with Crippen molar-refractivity contribution in [1.82, 2.24) is 20.4 Å². The summed E-state index contributed by atoms with van der Waals surface area (Å²) in [5, 5.41) is 0.495. The van der Waals surface area contributed by atoms with Crippen molar-refractivity contribution in [2.45, 2.75) is 25.7 Å². The average Bonchev–Trinajstić information content (AvgIpc) is 3.29. The van der Waals surface area contributed by atoms with Gasteiger partial charge >= 0.3 is 6.18 Å². The number of carbonyl (C=O) groups excluding carboxylic acids is 1. The van der Waals surface area contributed by atoms with Gasteiger partial charge in [-0.2, -0.15) is 18.6 Å². The molecule has 0 saturated carbocycles. The second kappa shape index (κ2) is 6.01. The third-order valence-electron chi connectivity index (χ3n) is 4.21. The van der Waals surface area contributed by atoms with E-state index in [1.165, 1.54) is 18.9 Å². The van der Waals surface area contributed by atoms with Gasteiger partial charge in [-0.05, 0) is 26.0 Å². The van der Waals surface area contributed by atoms with Gasteiger partial charge in [-0.3, -0.25) is 9.80 Å². The largest absolute Gasteiger partial charge is 0.443 e. The predicted octanol–water partition coefficient (Wildman–Crippen LogP) is 3.31. The molecule has 3 heterocycles. The lowest BCUT2D eigenvalue weighted by molar-refractivity contribution is -0.137. The lowest BCUT2D eigenvalue weighted by Crippen LogP contribution is -2.49. The number of carbonyl (C=O) groups is 1. The predicted molar refractivity (Wildman–Crippen MR) is 92.9 cm³/mol. The molecule has 1 atom stereocenters. The van der Waals surface area contributed by atoms with Crippen molar-refractivity contribution in [2.24, 2.45) is 0 Å². The fraction of sp³-hybridized carbons (Fsp3) is 0.312. The number of fused-ring (bicyclic) bond motifs is 1. The summed E-state index contributed by atoms with van der Waals surface area (Å²) in [4.78, 5) is 22.8. The molecule has 1 aliphatic heterocycles. The van der Waals surface area contributed by atoms with E-state index in [1.807, 2.05) is 0 Å². The molecule has 2 aromatic heterocycles. The van der Waals surface area contributed by atoms with Crippen molar-refractivity contribution < 1.29 is 22.7 Å². The summed E-state index contributed by atoms with van der Waals surface area (Å²) in [7, 11) is 0. The van der Waals surface area contributed by atoms with E-state index in [-0.39, 0.29) is 29.0 Å². The summed E-state index contributed by atoms with van der Waals surface area (Å²) >= 11 is 0.457. The smallest absolute Gasteiger partial charge is 0.337 e. The van der Waals surface area contributed by atoms with Crippen LogP contribution in [0.1, 0.15) is 18.9 Å². The van der Waals surface area contributed by atoms with Gasteiger partial charge < -0.3 is 9.72 Å². The van der Waals surface area contributed by atoms with Gasteiger partial charge in [-0.25, -0.2) is 9.97 Å². The molecular weight excluding hydrogens is 383 g/mol. The van der Waals surface area contributed by atoms with Gasteiger partial charge in [-0.15, -0.1) is 0 Å². The number of imidazole rings is 1. The van der Waals surface area contributed by atoms with Crippen molar-refractivity contribution in [3.05, 3.63) is 29.3 Å². The number of halogens is 3. The SMILES string of the molecule is CC(=O)[C@]1(C)NN(c2sc(C(F)(F)F)nc2-c2nc3ccccc3[nH]2)CO1. The summed E-state index contributed by atoms with van der Waals surface area (Å²) < 4.78 is 45.2. The van der Waals surface area contributed by atoms with E-state index in [4.69, 9.17) is 4.74 Å². The number of nitrogens with zero attached hydrogens (tertiary/aromatic N) is 3. The van der Waals surface area contributed by atoms with Gasteiger partial charge in [0.25, 0.3) is 0 Å². The molecule has 0 bridgehead atoms. The third kappa shape index (κ3) is 3.07. The molecule has 11 heteroatoms. The quantitative estimate of drug-likeness (QED) is 0.706. The van der Waals surface area contributed by atoms with E-state index in [0.29, 0.717) is 22.4 Å². The lowest BCUT2D eigenvalue weighted by Gasteiger charge is -2.21. The second-order valence-electron chi connectivity index (χ2n) is 6.18. The second-order valence-corrected chi connectivity index (χ2v) is 7.15. The van der Waals surface area contributed by atoms with Gasteiger partial charge in [0.05, 0.1) is 11.0 Å². The molecule has 4 rings (SSSR count). The van der Waals surface area contributed by atoms with Crippen molar-refractivity contribution in [3.63, 3.8) is 0 Å². The number of H-pyrrole nitrogens is 1. The monoisotopic (exact) mass is 397 g/mol. The number of ketones is 1.